The van der Waals surface area contributed by atoms with E-state index in [1.807, 2.05) is 6.07 Å². The SMILES string of the molecule is CC(C)SCC(N)C#N. The van der Waals surface area contributed by atoms with Gasteiger partial charge in [0, 0.05) is 5.75 Å². The molecule has 0 aliphatic rings. The minimum Gasteiger partial charge on any atom is -0.315 e. The van der Waals surface area contributed by atoms with Gasteiger partial charge in [-0.1, -0.05) is 13.8 Å². The molecule has 52 valence electrons. The van der Waals surface area contributed by atoms with Gasteiger partial charge in [0.2, 0.25) is 0 Å². The summed E-state index contributed by atoms with van der Waals surface area (Å²) in [5.74, 6) is 0.744. The third-order valence-electron chi connectivity index (χ3n) is 0.775. The third-order valence-corrected chi connectivity index (χ3v) is 1.99. The molecule has 2 N–H and O–H groups in total. The summed E-state index contributed by atoms with van der Waals surface area (Å²) in [6, 6.07) is 1.68. The Hall–Kier alpha value is -0.200. The van der Waals surface area contributed by atoms with Crippen molar-refractivity contribution in [1.82, 2.24) is 0 Å². The molecule has 0 aromatic rings. The number of nitrogens with zero attached hydrogens (tertiary/aromatic N) is 1. The molecule has 0 aliphatic heterocycles. The molecule has 0 saturated carbocycles. The predicted octanol–water partition coefficient (Wildman–Crippen LogP) is 0.979. The maximum Gasteiger partial charge on any atom is 0.102 e. The van der Waals surface area contributed by atoms with Crippen LogP contribution in [-0.4, -0.2) is 17.0 Å². The second-order valence-electron chi connectivity index (χ2n) is 2.12. The Morgan fingerprint density at radius 1 is 1.67 bits per heavy atom. The first-order valence-electron chi connectivity index (χ1n) is 2.93. The quantitative estimate of drug-likeness (QED) is 0.642. The highest BCUT2D eigenvalue weighted by atomic mass is 32.2. The lowest BCUT2D eigenvalue weighted by atomic mass is 10.4. The number of hydrogen-bond donors (Lipinski definition) is 1. The molecule has 0 radical (unpaired) electrons. The Balaban J connectivity index is 3.19. The molecule has 0 saturated heterocycles. The summed E-state index contributed by atoms with van der Waals surface area (Å²) < 4.78 is 0. The van der Waals surface area contributed by atoms with Gasteiger partial charge in [-0.05, 0) is 5.25 Å². The smallest absolute Gasteiger partial charge is 0.102 e. The average molecular weight is 144 g/mol. The van der Waals surface area contributed by atoms with Gasteiger partial charge in [0.05, 0.1) is 6.07 Å². The van der Waals surface area contributed by atoms with Gasteiger partial charge in [-0.15, -0.1) is 0 Å². The molecule has 2 nitrogen and oxygen atoms in total. The van der Waals surface area contributed by atoms with Crippen molar-refractivity contribution in [3.63, 3.8) is 0 Å². The second-order valence-corrected chi connectivity index (χ2v) is 3.73. The number of thioether (sulfide) groups is 1. The highest BCUT2D eigenvalue weighted by molar-refractivity contribution is 7.99. The molecular weight excluding hydrogens is 132 g/mol. The van der Waals surface area contributed by atoms with Crippen molar-refractivity contribution in [1.29, 1.82) is 5.26 Å². The van der Waals surface area contributed by atoms with E-state index < -0.39 is 0 Å². The van der Waals surface area contributed by atoms with Gasteiger partial charge in [0.15, 0.2) is 0 Å². The van der Waals surface area contributed by atoms with E-state index in [1.54, 1.807) is 11.8 Å². The maximum absolute atomic E-state index is 8.26. The zero-order valence-corrected chi connectivity index (χ0v) is 6.61. The molecule has 0 amide bonds. The van der Waals surface area contributed by atoms with Crippen molar-refractivity contribution < 1.29 is 0 Å². The van der Waals surface area contributed by atoms with Crippen LogP contribution in [0.4, 0.5) is 0 Å². The molecule has 9 heavy (non-hydrogen) atoms. The second kappa shape index (κ2) is 4.66. The fourth-order valence-corrected chi connectivity index (χ4v) is 1.00. The Bertz CT molecular complexity index is 106. The van der Waals surface area contributed by atoms with E-state index in [-0.39, 0.29) is 6.04 Å². The van der Waals surface area contributed by atoms with Crippen LogP contribution in [0.3, 0.4) is 0 Å². The van der Waals surface area contributed by atoms with Crippen molar-refractivity contribution >= 4 is 11.8 Å². The summed E-state index contributed by atoms with van der Waals surface area (Å²) in [7, 11) is 0. The predicted molar refractivity (Wildman–Crippen MR) is 41.2 cm³/mol. The van der Waals surface area contributed by atoms with Crippen LogP contribution in [-0.2, 0) is 0 Å². The molecule has 0 rings (SSSR count). The van der Waals surface area contributed by atoms with E-state index in [4.69, 9.17) is 11.0 Å². The summed E-state index contributed by atoms with van der Waals surface area (Å²) in [4.78, 5) is 0. The first kappa shape index (κ1) is 8.80. The van der Waals surface area contributed by atoms with Crippen LogP contribution in [0.25, 0.3) is 0 Å². The molecule has 0 aromatic heterocycles. The molecule has 0 fully saturated rings. The Labute approximate surface area is 60.4 Å². The van der Waals surface area contributed by atoms with Crippen molar-refractivity contribution in [3.05, 3.63) is 0 Å². The van der Waals surface area contributed by atoms with Crippen molar-refractivity contribution in [2.24, 2.45) is 5.73 Å². The molecule has 1 atom stereocenters. The summed E-state index contributed by atoms with van der Waals surface area (Å²) in [5, 5.41) is 8.83. The average Bonchev–Trinajstić information content (AvgIpc) is 1.83. The van der Waals surface area contributed by atoms with Gasteiger partial charge in [-0.25, -0.2) is 0 Å². The normalized spacial score (nSPS) is 13.2. The largest absolute Gasteiger partial charge is 0.315 e. The van der Waals surface area contributed by atoms with Gasteiger partial charge in [-0.2, -0.15) is 17.0 Å². The van der Waals surface area contributed by atoms with Gasteiger partial charge >= 0.3 is 0 Å². The summed E-state index contributed by atoms with van der Waals surface area (Å²) in [6.45, 7) is 4.18. The standard InChI is InChI=1S/C6H12N2S/c1-5(2)9-4-6(8)3-7/h5-6H,4,8H2,1-2H3. The number of hydrogen-bond acceptors (Lipinski definition) is 3. The molecule has 0 spiro atoms. The zero-order valence-electron chi connectivity index (χ0n) is 5.79. The topological polar surface area (TPSA) is 49.8 Å². The summed E-state index contributed by atoms with van der Waals surface area (Å²) in [5.41, 5.74) is 5.34. The maximum atomic E-state index is 8.26. The monoisotopic (exact) mass is 144 g/mol. The zero-order chi connectivity index (χ0) is 7.28. The van der Waals surface area contributed by atoms with Crippen LogP contribution < -0.4 is 5.73 Å². The molecule has 3 heteroatoms. The van der Waals surface area contributed by atoms with Gasteiger partial charge in [0.25, 0.3) is 0 Å². The van der Waals surface area contributed by atoms with E-state index in [1.165, 1.54) is 0 Å². The van der Waals surface area contributed by atoms with E-state index >= 15 is 0 Å². The Kier molecular flexibility index (Phi) is 4.55. The highest BCUT2D eigenvalue weighted by Gasteiger charge is 2.00. The molecular formula is C6H12N2S. The summed E-state index contributed by atoms with van der Waals surface area (Å²) >= 11 is 1.72. The molecule has 0 heterocycles. The fraction of sp³-hybridized carbons (Fsp3) is 0.833. The molecule has 0 aromatic carbocycles. The fourth-order valence-electron chi connectivity index (χ4n) is 0.333. The van der Waals surface area contributed by atoms with Crippen molar-refractivity contribution in [2.75, 3.05) is 5.75 Å². The molecule has 0 aliphatic carbocycles. The lowest BCUT2D eigenvalue weighted by Gasteiger charge is -2.04. The van der Waals surface area contributed by atoms with Crippen LogP contribution >= 0.6 is 11.8 Å². The molecule has 0 bridgehead atoms. The summed E-state index contributed by atoms with van der Waals surface area (Å²) in [6.07, 6.45) is 0. The first-order valence-corrected chi connectivity index (χ1v) is 3.98. The Morgan fingerprint density at radius 2 is 2.22 bits per heavy atom. The number of nitrogens with two attached hydrogens (primary N) is 1. The van der Waals surface area contributed by atoms with Crippen LogP contribution in [0.1, 0.15) is 13.8 Å². The minimum atomic E-state index is -0.294. The third kappa shape index (κ3) is 5.67. The highest BCUT2D eigenvalue weighted by Crippen LogP contribution is 2.08. The van der Waals surface area contributed by atoms with E-state index in [0.29, 0.717) is 5.25 Å². The van der Waals surface area contributed by atoms with Gasteiger partial charge in [-0.3, -0.25) is 0 Å². The van der Waals surface area contributed by atoms with Crippen LogP contribution in [0.15, 0.2) is 0 Å². The van der Waals surface area contributed by atoms with E-state index in [2.05, 4.69) is 13.8 Å². The van der Waals surface area contributed by atoms with Crippen molar-refractivity contribution in [2.45, 2.75) is 25.1 Å². The lowest BCUT2D eigenvalue weighted by Crippen LogP contribution is -2.20. The van der Waals surface area contributed by atoms with Gasteiger partial charge in [0.1, 0.15) is 6.04 Å². The van der Waals surface area contributed by atoms with Crippen LogP contribution in [0.2, 0.25) is 0 Å². The van der Waals surface area contributed by atoms with E-state index in [9.17, 15) is 0 Å². The Morgan fingerprint density at radius 3 is 2.56 bits per heavy atom. The first-order chi connectivity index (χ1) is 4.16. The van der Waals surface area contributed by atoms with Gasteiger partial charge < -0.3 is 5.73 Å². The lowest BCUT2D eigenvalue weighted by molar-refractivity contribution is 0.946. The minimum absolute atomic E-state index is 0.294. The number of nitriles is 1. The van der Waals surface area contributed by atoms with Crippen LogP contribution in [0.5, 0.6) is 0 Å². The molecule has 1 unspecified atom stereocenters. The number of rotatable bonds is 3. The van der Waals surface area contributed by atoms with E-state index in [0.717, 1.165) is 5.75 Å². The van der Waals surface area contributed by atoms with Crippen molar-refractivity contribution in [3.8, 4) is 6.07 Å². The van der Waals surface area contributed by atoms with Crippen LogP contribution in [0, 0.1) is 11.3 Å².